The molecule has 5 nitrogen and oxygen atoms in total. The van der Waals surface area contributed by atoms with E-state index in [4.69, 9.17) is 5.73 Å². The Morgan fingerprint density at radius 3 is 2.59 bits per heavy atom. The summed E-state index contributed by atoms with van der Waals surface area (Å²) in [6.07, 6.45) is -3.84. The molecule has 1 aromatic carbocycles. The Hall–Kier alpha value is -2.35. The molecule has 0 aliphatic carbocycles. The van der Waals surface area contributed by atoms with Gasteiger partial charge in [0.1, 0.15) is 0 Å². The molecular formula is C14H15F3N4O. The van der Waals surface area contributed by atoms with Crippen molar-refractivity contribution in [3.05, 3.63) is 46.8 Å². The van der Waals surface area contributed by atoms with E-state index in [-0.39, 0.29) is 23.5 Å². The van der Waals surface area contributed by atoms with Gasteiger partial charge in [-0.1, -0.05) is 6.92 Å². The van der Waals surface area contributed by atoms with Crippen LogP contribution in [0.15, 0.2) is 24.3 Å². The van der Waals surface area contributed by atoms with Crippen molar-refractivity contribution in [2.75, 3.05) is 5.32 Å². The Bertz CT molecular complexity index is 679. The van der Waals surface area contributed by atoms with Crippen molar-refractivity contribution in [2.45, 2.75) is 26.1 Å². The number of nitrogens with one attached hydrogen (secondary N) is 2. The van der Waals surface area contributed by atoms with Crippen LogP contribution in [0.2, 0.25) is 0 Å². The van der Waals surface area contributed by atoms with Crippen molar-refractivity contribution in [2.24, 2.45) is 5.73 Å². The van der Waals surface area contributed by atoms with Crippen molar-refractivity contribution >= 4 is 11.6 Å². The zero-order chi connectivity index (χ0) is 16.3. The van der Waals surface area contributed by atoms with E-state index in [1.54, 1.807) is 6.07 Å². The molecule has 2 rings (SSSR count). The molecule has 118 valence electrons. The summed E-state index contributed by atoms with van der Waals surface area (Å²) in [6, 6.07) is 4.77. The lowest BCUT2D eigenvalue weighted by Gasteiger charge is -2.12. The number of rotatable bonds is 4. The molecule has 0 saturated carbocycles. The quantitative estimate of drug-likeness (QED) is 0.811. The second kappa shape index (κ2) is 6.18. The zero-order valence-electron chi connectivity index (χ0n) is 11.8. The van der Waals surface area contributed by atoms with Crippen molar-refractivity contribution in [3.8, 4) is 0 Å². The fourth-order valence-electron chi connectivity index (χ4n) is 1.90. The van der Waals surface area contributed by atoms with Gasteiger partial charge >= 0.3 is 6.18 Å². The van der Waals surface area contributed by atoms with E-state index >= 15 is 0 Å². The number of hydrogen-bond donors (Lipinski definition) is 3. The number of halogens is 3. The summed E-state index contributed by atoms with van der Waals surface area (Å²) in [5, 5.41) is 8.89. The van der Waals surface area contributed by atoms with Crippen LogP contribution >= 0.6 is 0 Å². The molecule has 0 unspecified atom stereocenters. The number of nitrogens with zero attached hydrogens (tertiary/aromatic N) is 1. The first kappa shape index (κ1) is 16.0. The van der Waals surface area contributed by atoms with Crippen LogP contribution in [-0.4, -0.2) is 16.1 Å². The van der Waals surface area contributed by atoms with Gasteiger partial charge in [0.2, 0.25) is 0 Å². The highest BCUT2D eigenvalue weighted by atomic mass is 19.4. The number of carbonyl (C=O) groups excluding carboxylic acids is 1. The van der Waals surface area contributed by atoms with Gasteiger partial charge in [0.05, 0.1) is 5.56 Å². The molecule has 0 radical (unpaired) electrons. The first-order chi connectivity index (χ1) is 10.3. The number of amides is 1. The molecule has 1 amide bonds. The summed E-state index contributed by atoms with van der Waals surface area (Å²) in [6.45, 7) is 1.82. The molecule has 0 saturated heterocycles. The van der Waals surface area contributed by atoms with Gasteiger partial charge in [-0.2, -0.15) is 18.3 Å². The lowest BCUT2D eigenvalue weighted by atomic mass is 10.1. The van der Waals surface area contributed by atoms with Crippen molar-refractivity contribution in [3.63, 3.8) is 0 Å². The summed E-state index contributed by atoms with van der Waals surface area (Å²) < 4.78 is 38.5. The molecular weight excluding hydrogens is 297 g/mol. The number of nitrogens with two attached hydrogens (primary N) is 1. The summed E-state index contributed by atoms with van der Waals surface area (Å²) in [4.78, 5) is 12.0. The Morgan fingerprint density at radius 2 is 2.05 bits per heavy atom. The highest BCUT2D eigenvalue weighted by Gasteiger charge is 2.31. The van der Waals surface area contributed by atoms with E-state index < -0.39 is 17.6 Å². The summed E-state index contributed by atoms with van der Waals surface area (Å²) in [5.74, 6) is -0.585. The highest BCUT2D eigenvalue weighted by Crippen LogP contribution is 2.32. The third-order valence-corrected chi connectivity index (χ3v) is 3.06. The molecule has 22 heavy (non-hydrogen) atoms. The molecule has 0 spiro atoms. The maximum Gasteiger partial charge on any atom is 0.416 e. The predicted octanol–water partition coefficient (Wildman–Crippen LogP) is 2.70. The minimum absolute atomic E-state index is 0.0290. The number of hydrogen-bond acceptors (Lipinski definition) is 3. The van der Waals surface area contributed by atoms with Crippen molar-refractivity contribution in [1.82, 2.24) is 10.2 Å². The van der Waals surface area contributed by atoms with Crippen LogP contribution in [0.4, 0.5) is 18.9 Å². The first-order valence-corrected chi connectivity index (χ1v) is 6.60. The molecule has 0 aliphatic heterocycles. The van der Waals surface area contributed by atoms with Gasteiger partial charge in [-0.05, 0) is 36.2 Å². The van der Waals surface area contributed by atoms with Crippen LogP contribution in [0.25, 0.3) is 0 Å². The monoisotopic (exact) mass is 312 g/mol. The molecule has 2 aromatic rings. The van der Waals surface area contributed by atoms with Crippen LogP contribution in [0.5, 0.6) is 0 Å². The zero-order valence-corrected chi connectivity index (χ0v) is 11.8. The van der Waals surface area contributed by atoms with Gasteiger partial charge in [0.25, 0.3) is 5.91 Å². The van der Waals surface area contributed by atoms with E-state index in [9.17, 15) is 18.0 Å². The van der Waals surface area contributed by atoms with Gasteiger partial charge in [-0.15, -0.1) is 0 Å². The normalized spacial score (nSPS) is 11.5. The summed E-state index contributed by atoms with van der Waals surface area (Å²) in [5.41, 5.74) is 5.72. The largest absolute Gasteiger partial charge is 0.416 e. The SMILES string of the molecule is CCc1cc(C(=O)Nc2cc(CN)cc(C(F)(F)F)c2)n[nH]1. The first-order valence-electron chi connectivity index (χ1n) is 6.60. The number of alkyl halides is 3. The molecule has 0 atom stereocenters. The lowest BCUT2D eigenvalue weighted by molar-refractivity contribution is -0.137. The van der Waals surface area contributed by atoms with E-state index in [2.05, 4.69) is 15.5 Å². The van der Waals surface area contributed by atoms with E-state index in [1.807, 2.05) is 6.92 Å². The van der Waals surface area contributed by atoms with Gasteiger partial charge in [-0.25, -0.2) is 0 Å². The molecule has 0 fully saturated rings. The smallest absolute Gasteiger partial charge is 0.326 e. The number of anilines is 1. The number of aromatic nitrogens is 2. The summed E-state index contributed by atoms with van der Waals surface area (Å²) >= 11 is 0. The highest BCUT2D eigenvalue weighted by molar-refractivity contribution is 6.03. The van der Waals surface area contributed by atoms with Crippen LogP contribution in [0, 0.1) is 0 Å². The van der Waals surface area contributed by atoms with E-state index in [0.717, 1.165) is 17.8 Å². The molecule has 1 aromatic heterocycles. The van der Waals surface area contributed by atoms with Crippen LogP contribution in [0.3, 0.4) is 0 Å². The maximum atomic E-state index is 12.8. The van der Waals surface area contributed by atoms with Gasteiger partial charge < -0.3 is 11.1 Å². The predicted molar refractivity (Wildman–Crippen MR) is 75.3 cm³/mol. The molecule has 4 N–H and O–H groups in total. The molecule has 8 heteroatoms. The minimum atomic E-state index is -4.51. The number of benzene rings is 1. The van der Waals surface area contributed by atoms with Gasteiger partial charge in [0, 0.05) is 17.9 Å². The second-order valence-corrected chi connectivity index (χ2v) is 4.71. The van der Waals surface area contributed by atoms with E-state index in [0.29, 0.717) is 6.42 Å². The fraction of sp³-hybridized carbons (Fsp3) is 0.286. The number of H-pyrrole nitrogens is 1. The van der Waals surface area contributed by atoms with E-state index in [1.165, 1.54) is 6.07 Å². The second-order valence-electron chi connectivity index (χ2n) is 4.71. The number of aryl methyl sites for hydroxylation is 1. The number of carbonyl (C=O) groups is 1. The Balaban J connectivity index is 2.26. The minimum Gasteiger partial charge on any atom is -0.326 e. The third kappa shape index (κ3) is 3.64. The van der Waals surface area contributed by atoms with Crippen LogP contribution in [-0.2, 0) is 19.1 Å². The molecule has 1 heterocycles. The van der Waals surface area contributed by atoms with Crippen molar-refractivity contribution in [1.29, 1.82) is 0 Å². The average molecular weight is 312 g/mol. The van der Waals surface area contributed by atoms with Gasteiger partial charge in [0.15, 0.2) is 5.69 Å². The Labute approximate surface area is 124 Å². The topological polar surface area (TPSA) is 83.8 Å². The maximum absolute atomic E-state index is 12.8. The third-order valence-electron chi connectivity index (χ3n) is 3.06. The summed E-state index contributed by atoms with van der Waals surface area (Å²) in [7, 11) is 0. The van der Waals surface area contributed by atoms with Crippen LogP contribution in [0.1, 0.15) is 34.2 Å². The fourth-order valence-corrected chi connectivity index (χ4v) is 1.90. The molecule has 0 aliphatic rings. The van der Waals surface area contributed by atoms with Gasteiger partial charge in [-0.3, -0.25) is 9.89 Å². The number of aromatic amines is 1. The Morgan fingerprint density at radius 1 is 1.32 bits per heavy atom. The Kier molecular flexibility index (Phi) is 4.51. The van der Waals surface area contributed by atoms with Crippen LogP contribution < -0.4 is 11.1 Å². The molecule has 0 bridgehead atoms. The van der Waals surface area contributed by atoms with Crippen molar-refractivity contribution < 1.29 is 18.0 Å². The average Bonchev–Trinajstić information content (AvgIpc) is 2.95. The standard InChI is InChI=1S/C14H15F3N4O/c1-2-10-6-12(21-20-10)13(22)19-11-4-8(7-18)3-9(5-11)14(15,16)17/h3-6H,2,7,18H2,1H3,(H,19,22)(H,20,21). The lowest BCUT2D eigenvalue weighted by Crippen LogP contribution is -2.14.